The normalized spacial score (nSPS) is 10.3. The van der Waals surface area contributed by atoms with E-state index in [9.17, 15) is 4.79 Å². The summed E-state index contributed by atoms with van der Waals surface area (Å²) in [5.74, 6) is 1.57. The maximum absolute atomic E-state index is 11.7. The largest absolute Gasteiger partial charge is 0.355 e. The molecule has 19 heavy (non-hydrogen) atoms. The van der Waals surface area contributed by atoms with Gasteiger partial charge in [0.15, 0.2) is 0 Å². The molecule has 1 amide bonds. The number of carbonyl (C=O) groups is 1. The Kier molecular flexibility index (Phi) is 6.77. The number of aromatic nitrogens is 2. The Morgan fingerprint density at radius 2 is 2.11 bits per heavy atom. The SMILES string of the molecule is CCCNC(=O)CN(C)c1cc(Br)nc(CCC)n1. The van der Waals surface area contributed by atoms with Crippen LogP contribution in [-0.2, 0) is 11.2 Å². The molecule has 0 atom stereocenters. The molecule has 0 aliphatic carbocycles. The number of aryl methyl sites for hydroxylation is 1. The first-order valence-corrected chi connectivity index (χ1v) is 7.37. The number of amides is 1. The molecule has 1 rings (SSSR count). The van der Waals surface area contributed by atoms with E-state index in [1.165, 1.54) is 0 Å². The topological polar surface area (TPSA) is 58.1 Å². The minimum Gasteiger partial charge on any atom is -0.355 e. The summed E-state index contributed by atoms with van der Waals surface area (Å²) in [6.07, 6.45) is 2.77. The van der Waals surface area contributed by atoms with Gasteiger partial charge >= 0.3 is 0 Å². The zero-order valence-electron chi connectivity index (χ0n) is 11.7. The van der Waals surface area contributed by atoms with Crippen molar-refractivity contribution < 1.29 is 4.79 Å². The van der Waals surface area contributed by atoms with Crippen LogP contribution in [0.2, 0.25) is 0 Å². The standard InChI is InChI=1S/C13H21BrN4O/c1-4-6-11-16-10(14)8-12(17-11)18(3)9-13(19)15-7-5-2/h8H,4-7,9H2,1-3H3,(H,15,19). The predicted molar refractivity (Wildman–Crippen MR) is 80.3 cm³/mol. The van der Waals surface area contributed by atoms with Gasteiger partial charge in [0.05, 0.1) is 6.54 Å². The van der Waals surface area contributed by atoms with E-state index in [-0.39, 0.29) is 5.91 Å². The van der Waals surface area contributed by atoms with Gasteiger partial charge in [-0.15, -0.1) is 0 Å². The van der Waals surface area contributed by atoms with Crippen LogP contribution in [0.3, 0.4) is 0 Å². The molecule has 1 N–H and O–H groups in total. The Morgan fingerprint density at radius 3 is 2.74 bits per heavy atom. The van der Waals surface area contributed by atoms with Gasteiger partial charge < -0.3 is 10.2 Å². The average Bonchev–Trinajstić information content (AvgIpc) is 2.36. The molecule has 0 aliphatic rings. The first kappa shape index (κ1) is 15.9. The summed E-state index contributed by atoms with van der Waals surface area (Å²) >= 11 is 3.38. The third-order valence-corrected chi connectivity index (χ3v) is 2.95. The van der Waals surface area contributed by atoms with Crippen LogP contribution in [0.5, 0.6) is 0 Å². The maximum atomic E-state index is 11.7. The molecule has 0 aromatic carbocycles. The second kappa shape index (κ2) is 8.09. The fraction of sp³-hybridized carbons (Fsp3) is 0.615. The van der Waals surface area contributed by atoms with Gasteiger partial charge in [-0.05, 0) is 28.8 Å². The van der Waals surface area contributed by atoms with Crippen molar-refractivity contribution in [3.05, 3.63) is 16.5 Å². The van der Waals surface area contributed by atoms with Gasteiger partial charge in [0.25, 0.3) is 0 Å². The zero-order chi connectivity index (χ0) is 14.3. The summed E-state index contributed by atoms with van der Waals surface area (Å²) in [6.45, 7) is 5.13. The minimum atomic E-state index is 0.0103. The average molecular weight is 329 g/mol. The van der Waals surface area contributed by atoms with Crippen molar-refractivity contribution in [1.82, 2.24) is 15.3 Å². The van der Waals surface area contributed by atoms with Crippen LogP contribution in [-0.4, -0.2) is 36.0 Å². The number of likely N-dealkylation sites (N-methyl/N-ethyl adjacent to an activating group) is 1. The Bertz CT molecular complexity index is 425. The number of rotatable bonds is 7. The van der Waals surface area contributed by atoms with Crippen molar-refractivity contribution >= 4 is 27.7 Å². The molecule has 0 fully saturated rings. The molecule has 0 saturated heterocycles. The van der Waals surface area contributed by atoms with Crippen molar-refractivity contribution in [1.29, 1.82) is 0 Å². The number of nitrogens with one attached hydrogen (secondary N) is 1. The second-order valence-electron chi connectivity index (χ2n) is 4.42. The van der Waals surface area contributed by atoms with Gasteiger partial charge in [-0.2, -0.15) is 0 Å². The van der Waals surface area contributed by atoms with Crippen LogP contribution in [0.25, 0.3) is 0 Å². The highest BCUT2D eigenvalue weighted by Gasteiger charge is 2.10. The lowest BCUT2D eigenvalue weighted by molar-refractivity contribution is -0.119. The molecule has 1 aromatic heterocycles. The van der Waals surface area contributed by atoms with Crippen LogP contribution in [0.4, 0.5) is 5.82 Å². The van der Waals surface area contributed by atoms with Gasteiger partial charge in [0.2, 0.25) is 5.91 Å². The second-order valence-corrected chi connectivity index (χ2v) is 5.23. The lowest BCUT2D eigenvalue weighted by Gasteiger charge is -2.18. The van der Waals surface area contributed by atoms with E-state index in [4.69, 9.17) is 0 Å². The predicted octanol–water partition coefficient (Wildman–Crippen LogP) is 2.15. The molecule has 0 spiro atoms. The summed E-state index contributed by atoms with van der Waals surface area (Å²) < 4.78 is 0.752. The maximum Gasteiger partial charge on any atom is 0.239 e. The molecule has 0 aliphatic heterocycles. The van der Waals surface area contributed by atoms with Gasteiger partial charge in [-0.1, -0.05) is 13.8 Å². The monoisotopic (exact) mass is 328 g/mol. The summed E-state index contributed by atoms with van der Waals surface area (Å²) in [7, 11) is 1.86. The molecule has 106 valence electrons. The molecular weight excluding hydrogens is 308 g/mol. The summed E-state index contributed by atoms with van der Waals surface area (Å²) in [5, 5.41) is 2.85. The van der Waals surface area contributed by atoms with E-state index in [0.717, 1.165) is 35.5 Å². The smallest absolute Gasteiger partial charge is 0.239 e. The van der Waals surface area contributed by atoms with Gasteiger partial charge in [-0.25, -0.2) is 9.97 Å². The number of anilines is 1. The van der Waals surface area contributed by atoms with Gasteiger partial charge in [0.1, 0.15) is 16.2 Å². The molecule has 0 radical (unpaired) electrons. The van der Waals surface area contributed by atoms with E-state index in [1.54, 1.807) is 0 Å². The van der Waals surface area contributed by atoms with Crippen molar-refractivity contribution in [3.8, 4) is 0 Å². The van der Waals surface area contributed by atoms with Crippen LogP contribution in [0.1, 0.15) is 32.5 Å². The van der Waals surface area contributed by atoms with E-state index < -0.39 is 0 Å². The molecule has 6 heteroatoms. The van der Waals surface area contributed by atoms with Crippen LogP contribution in [0.15, 0.2) is 10.7 Å². The van der Waals surface area contributed by atoms with Crippen LogP contribution >= 0.6 is 15.9 Å². The number of halogens is 1. The molecule has 1 heterocycles. The number of hydrogen-bond acceptors (Lipinski definition) is 4. The minimum absolute atomic E-state index is 0.0103. The quantitative estimate of drug-likeness (QED) is 0.779. The third-order valence-electron chi connectivity index (χ3n) is 2.55. The van der Waals surface area contributed by atoms with Crippen molar-refractivity contribution in [3.63, 3.8) is 0 Å². The molecule has 0 bridgehead atoms. The molecule has 0 saturated carbocycles. The van der Waals surface area contributed by atoms with Crippen LogP contribution < -0.4 is 10.2 Å². The first-order chi connectivity index (χ1) is 9.06. The lowest BCUT2D eigenvalue weighted by Crippen LogP contribution is -2.36. The van der Waals surface area contributed by atoms with Gasteiger partial charge in [-0.3, -0.25) is 4.79 Å². The fourth-order valence-electron chi connectivity index (χ4n) is 1.60. The summed E-state index contributed by atoms with van der Waals surface area (Å²) in [5.41, 5.74) is 0. The molecule has 1 aromatic rings. The Balaban J connectivity index is 2.70. The zero-order valence-corrected chi connectivity index (χ0v) is 13.3. The highest BCUT2D eigenvalue weighted by atomic mass is 79.9. The Hall–Kier alpha value is -1.17. The number of carbonyl (C=O) groups excluding carboxylic acids is 1. The van der Waals surface area contributed by atoms with E-state index >= 15 is 0 Å². The molecule has 5 nitrogen and oxygen atoms in total. The van der Waals surface area contributed by atoms with E-state index in [1.807, 2.05) is 24.9 Å². The number of hydrogen-bond donors (Lipinski definition) is 1. The number of nitrogens with zero attached hydrogens (tertiary/aromatic N) is 3. The Morgan fingerprint density at radius 1 is 1.37 bits per heavy atom. The highest BCUT2D eigenvalue weighted by molar-refractivity contribution is 9.10. The molecular formula is C13H21BrN4O. The third kappa shape index (κ3) is 5.55. The summed E-state index contributed by atoms with van der Waals surface area (Å²) in [6, 6.07) is 1.83. The molecule has 0 unspecified atom stereocenters. The van der Waals surface area contributed by atoms with E-state index in [0.29, 0.717) is 13.1 Å². The summed E-state index contributed by atoms with van der Waals surface area (Å²) in [4.78, 5) is 22.3. The first-order valence-electron chi connectivity index (χ1n) is 6.58. The van der Waals surface area contributed by atoms with E-state index in [2.05, 4.69) is 38.1 Å². The Labute approximate surface area is 122 Å². The highest BCUT2D eigenvalue weighted by Crippen LogP contribution is 2.16. The van der Waals surface area contributed by atoms with Crippen molar-refractivity contribution in [2.75, 3.05) is 25.0 Å². The van der Waals surface area contributed by atoms with Gasteiger partial charge in [0, 0.05) is 26.1 Å². The fourth-order valence-corrected chi connectivity index (χ4v) is 2.01. The van der Waals surface area contributed by atoms with Crippen molar-refractivity contribution in [2.24, 2.45) is 0 Å². The van der Waals surface area contributed by atoms with Crippen molar-refractivity contribution in [2.45, 2.75) is 33.1 Å². The lowest BCUT2D eigenvalue weighted by atomic mass is 10.3. The van der Waals surface area contributed by atoms with Crippen LogP contribution in [0, 0.1) is 0 Å².